The van der Waals surface area contributed by atoms with Gasteiger partial charge in [0.05, 0.1) is 24.2 Å². The zero-order valence-corrected chi connectivity index (χ0v) is 27.6. The Labute approximate surface area is 276 Å². The van der Waals surface area contributed by atoms with E-state index in [0.29, 0.717) is 61.5 Å². The molecule has 1 amide bonds. The lowest BCUT2D eigenvalue weighted by atomic mass is 10.0. The van der Waals surface area contributed by atoms with Crippen LogP contribution >= 0.6 is 23.2 Å². The van der Waals surface area contributed by atoms with Crippen LogP contribution in [0.5, 0.6) is 5.75 Å². The Balaban J connectivity index is 1.26. The summed E-state index contributed by atoms with van der Waals surface area (Å²) < 4.78 is 80.4. The number of ether oxygens (including phenoxy) is 2. The van der Waals surface area contributed by atoms with Crippen molar-refractivity contribution in [1.82, 2.24) is 19.4 Å². The van der Waals surface area contributed by atoms with Crippen molar-refractivity contribution in [2.24, 2.45) is 5.73 Å². The summed E-state index contributed by atoms with van der Waals surface area (Å²) in [5.41, 5.74) is 7.07. The molecule has 3 N–H and O–H groups in total. The van der Waals surface area contributed by atoms with Crippen LogP contribution in [0.2, 0.25) is 10.0 Å². The molecule has 2 fully saturated rings. The fraction of sp³-hybridized carbons (Fsp3) is 0.567. The zero-order valence-electron chi connectivity index (χ0n) is 25.3. The van der Waals surface area contributed by atoms with Crippen molar-refractivity contribution in [3.05, 3.63) is 57.6 Å². The minimum Gasteiger partial charge on any atom is -0.488 e. The molecule has 254 valence electrons. The van der Waals surface area contributed by atoms with E-state index in [0.717, 1.165) is 22.6 Å². The van der Waals surface area contributed by atoms with Gasteiger partial charge in [-0.2, -0.15) is 13.2 Å². The van der Waals surface area contributed by atoms with E-state index in [1.807, 2.05) is 4.90 Å². The molecule has 0 aromatic heterocycles. The van der Waals surface area contributed by atoms with E-state index in [2.05, 4.69) is 9.62 Å². The van der Waals surface area contributed by atoms with Crippen LogP contribution in [0, 0.1) is 0 Å². The van der Waals surface area contributed by atoms with Gasteiger partial charge in [0.15, 0.2) is 0 Å². The number of nitrogens with zero attached hydrogens (tertiary/aromatic N) is 3. The van der Waals surface area contributed by atoms with Crippen LogP contribution in [-0.4, -0.2) is 112 Å². The predicted molar refractivity (Wildman–Crippen MR) is 168 cm³/mol. The number of alkyl halides is 3. The van der Waals surface area contributed by atoms with Gasteiger partial charge in [-0.3, -0.25) is 14.6 Å². The van der Waals surface area contributed by atoms with Crippen molar-refractivity contribution in [2.45, 2.75) is 55.1 Å². The number of hydrogen-bond donors (Lipinski definition) is 2. The van der Waals surface area contributed by atoms with Crippen molar-refractivity contribution in [3.8, 4) is 5.75 Å². The van der Waals surface area contributed by atoms with E-state index < -0.39 is 40.3 Å². The molecule has 1 aliphatic carbocycles. The summed E-state index contributed by atoms with van der Waals surface area (Å²) in [6.07, 6.45) is -4.36. The van der Waals surface area contributed by atoms with Crippen molar-refractivity contribution in [2.75, 3.05) is 59.0 Å². The van der Waals surface area contributed by atoms with Gasteiger partial charge >= 0.3 is 12.1 Å². The molecule has 2 aromatic rings. The van der Waals surface area contributed by atoms with Crippen molar-refractivity contribution in [3.63, 3.8) is 0 Å². The number of amides is 1. The van der Waals surface area contributed by atoms with Gasteiger partial charge < -0.3 is 20.1 Å². The Hall–Kier alpha value is -2.17. The average molecular weight is 709 g/mol. The van der Waals surface area contributed by atoms with E-state index >= 15 is 0 Å². The zero-order chi connectivity index (χ0) is 33.2. The molecule has 0 radical (unpaired) electrons. The summed E-state index contributed by atoms with van der Waals surface area (Å²) in [5.74, 6) is -1.43. The van der Waals surface area contributed by atoms with Gasteiger partial charge in [-0.25, -0.2) is 13.1 Å². The Morgan fingerprint density at radius 1 is 1.09 bits per heavy atom. The highest BCUT2D eigenvalue weighted by atomic mass is 35.5. The monoisotopic (exact) mass is 707 g/mol. The molecule has 0 bridgehead atoms. The van der Waals surface area contributed by atoms with Gasteiger partial charge in [0.1, 0.15) is 11.9 Å². The molecule has 5 rings (SSSR count). The number of carbonyl (C=O) groups excluding carboxylic acids is 1. The molecule has 3 aliphatic rings. The number of rotatable bonds is 11. The van der Waals surface area contributed by atoms with Gasteiger partial charge in [0.25, 0.3) is 0 Å². The number of fused-ring (bicyclic) bond motifs is 1. The van der Waals surface area contributed by atoms with Crippen molar-refractivity contribution in [1.29, 1.82) is 0 Å². The van der Waals surface area contributed by atoms with Crippen LogP contribution in [0.4, 0.5) is 13.2 Å². The molecule has 2 saturated heterocycles. The number of nitrogens with two attached hydrogens (primary N) is 1. The summed E-state index contributed by atoms with van der Waals surface area (Å²) in [4.78, 5) is 17.1. The Kier molecular flexibility index (Phi) is 11.1. The highest BCUT2D eigenvalue weighted by molar-refractivity contribution is 7.89. The van der Waals surface area contributed by atoms with Crippen molar-refractivity contribution >= 4 is 39.1 Å². The molecule has 16 heteroatoms. The number of nitrogens with one attached hydrogen (secondary N) is 1. The number of halogens is 5. The van der Waals surface area contributed by atoms with Crippen LogP contribution in [0.3, 0.4) is 0 Å². The standard InChI is InChI=1S/C30H38Cl2F3N5O5S/c1-19-17-39(9-10-40(19)29(41)30(33,34)35)28-25-14-20(31)15-26(32)24(25)16-27(28)45-22-2-4-23(5-3-22)46(42,43)37-21-6-8-38(18-21)11-13-44-12-7-36/h2-5,14-15,19,21,27-28,37H,6-13,16-18,36H2,1H3/t19-,21+,27+,28+/m1/s1. The number of likely N-dealkylation sites (tertiary alicyclic amines) is 1. The smallest absolute Gasteiger partial charge is 0.471 e. The third-order valence-electron chi connectivity index (χ3n) is 8.66. The average Bonchev–Trinajstić information content (AvgIpc) is 3.58. The lowest BCUT2D eigenvalue weighted by molar-refractivity contribution is -0.190. The van der Waals surface area contributed by atoms with Crippen molar-refractivity contribution < 1.29 is 35.9 Å². The van der Waals surface area contributed by atoms with Gasteiger partial charge in [-0.05, 0) is 67.4 Å². The maximum atomic E-state index is 13.2. The molecule has 0 spiro atoms. The molecule has 46 heavy (non-hydrogen) atoms. The summed E-state index contributed by atoms with van der Waals surface area (Å²) in [5, 5.41) is 0.874. The number of benzene rings is 2. The topological polar surface area (TPSA) is 117 Å². The molecule has 0 unspecified atom stereocenters. The summed E-state index contributed by atoms with van der Waals surface area (Å²) in [6.45, 7) is 5.37. The van der Waals surface area contributed by atoms with E-state index in [9.17, 15) is 26.4 Å². The van der Waals surface area contributed by atoms with Crippen LogP contribution in [-0.2, 0) is 26.0 Å². The molecule has 4 atom stereocenters. The third-order valence-corrected chi connectivity index (χ3v) is 10.7. The number of hydrogen-bond acceptors (Lipinski definition) is 8. The normalized spacial score (nSPS) is 24.4. The quantitative estimate of drug-likeness (QED) is 0.341. The van der Waals surface area contributed by atoms with E-state index in [1.54, 1.807) is 31.2 Å². The second-order valence-electron chi connectivity index (χ2n) is 11.9. The van der Waals surface area contributed by atoms with E-state index in [-0.39, 0.29) is 30.6 Å². The Morgan fingerprint density at radius 2 is 1.83 bits per heavy atom. The second kappa shape index (κ2) is 14.5. The lowest BCUT2D eigenvalue weighted by Crippen LogP contribution is -2.58. The summed E-state index contributed by atoms with van der Waals surface area (Å²) >= 11 is 12.9. The molecular formula is C30H38Cl2F3N5O5S. The van der Waals surface area contributed by atoms with Crippen LogP contribution in [0.25, 0.3) is 0 Å². The van der Waals surface area contributed by atoms with E-state index in [4.69, 9.17) is 38.4 Å². The predicted octanol–water partition coefficient (Wildman–Crippen LogP) is 3.46. The largest absolute Gasteiger partial charge is 0.488 e. The highest BCUT2D eigenvalue weighted by Gasteiger charge is 2.47. The first kappa shape index (κ1) is 35.1. The molecule has 10 nitrogen and oxygen atoms in total. The van der Waals surface area contributed by atoms with Crippen LogP contribution < -0.4 is 15.2 Å². The fourth-order valence-electron chi connectivity index (χ4n) is 6.53. The maximum Gasteiger partial charge on any atom is 0.471 e. The second-order valence-corrected chi connectivity index (χ2v) is 14.4. The minimum absolute atomic E-state index is 0.102. The van der Waals surface area contributed by atoms with Crippen LogP contribution in [0.1, 0.15) is 30.5 Å². The fourth-order valence-corrected chi connectivity index (χ4v) is 8.38. The third kappa shape index (κ3) is 8.09. The minimum atomic E-state index is -4.95. The first-order chi connectivity index (χ1) is 21.8. The number of piperazine rings is 1. The first-order valence-corrected chi connectivity index (χ1v) is 17.4. The SMILES string of the molecule is C[C@@H]1CN([C@H]2c3cc(Cl)cc(Cl)c3C[C@@H]2Oc2ccc(S(=O)(=O)N[C@H]3CCN(CCOCCN)C3)cc2)CCN1C(=O)C(F)(F)F. The van der Waals surface area contributed by atoms with Gasteiger partial charge in [0.2, 0.25) is 10.0 Å². The van der Waals surface area contributed by atoms with Gasteiger partial charge in [-0.1, -0.05) is 23.2 Å². The first-order valence-electron chi connectivity index (χ1n) is 15.2. The Morgan fingerprint density at radius 3 is 2.50 bits per heavy atom. The highest BCUT2D eigenvalue weighted by Crippen LogP contribution is 2.43. The number of sulfonamides is 1. The van der Waals surface area contributed by atoms with Crippen LogP contribution in [0.15, 0.2) is 41.3 Å². The molecule has 2 aromatic carbocycles. The summed E-state index contributed by atoms with van der Waals surface area (Å²) in [6, 6.07) is 8.22. The van der Waals surface area contributed by atoms with Gasteiger partial charge in [0, 0.05) is 67.8 Å². The summed E-state index contributed by atoms with van der Waals surface area (Å²) in [7, 11) is -3.78. The lowest BCUT2D eigenvalue weighted by Gasteiger charge is -2.44. The molecule has 2 heterocycles. The molecule has 2 aliphatic heterocycles. The molecule has 0 saturated carbocycles. The molecular weight excluding hydrogens is 670 g/mol. The van der Waals surface area contributed by atoms with E-state index in [1.165, 1.54) is 12.1 Å². The van der Waals surface area contributed by atoms with Gasteiger partial charge in [-0.15, -0.1) is 0 Å². The number of carbonyl (C=O) groups is 1. The maximum absolute atomic E-state index is 13.2. The Bertz CT molecular complexity index is 1500.